The van der Waals surface area contributed by atoms with Gasteiger partial charge in [-0.3, -0.25) is 4.79 Å². The Kier molecular flexibility index (Phi) is 5.04. The van der Waals surface area contributed by atoms with Crippen LogP contribution in [0.3, 0.4) is 0 Å². The number of hydrogen-bond acceptors (Lipinski definition) is 2. The van der Waals surface area contributed by atoms with Crippen molar-refractivity contribution in [3.05, 3.63) is 60.2 Å². The summed E-state index contributed by atoms with van der Waals surface area (Å²) in [7, 11) is 0. The molecule has 2 aromatic carbocycles. The van der Waals surface area contributed by atoms with E-state index in [2.05, 4.69) is 17.4 Å². The number of aryl methyl sites for hydroxylation is 1. The Morgan fingerprint density at radius 3 is 2.42 bits per heavy atom. The van der Waals surface area contributed by atoms with Gasteiger partial charge in [0.15, 0.2) is 0 Å². The van der Waals surface area contributed by atoms with Crippen molar-refractivity contribution in [2.75, 3.05) is 11.1 Å². The van der Waals surface area contributed by atoms with Crippen LogP contribution in [0, 0.1) is 6.92 Å². The van der Waals surface area contributed by atoms with E-state index in [1.165, 1.54) is 10.5 Å². The third kappa shape index (κ3) is 4.79. The van der Waals surface area contributed by atoms with E-state index in [0.29, 0.717) is 6.42 Å². The number of amides is 1. The highest BCUT2D eigenvalue weighted by Crippen LogP contribution is 2.18. The molecule has 0 atom stereocenters. The molecule has 1 amide bonds. The van der Waals surface area contributed by atoms with Crippen molar-refractivity contribution >= 4 is 23.4 Å². The summed E-state index contributed by atoms with van der Waals surface area (Å²) in [5.74, 6) is 0.856. The lowest BCUT2D eigenvalue weighted by molar-refractivity contribution is -0.115. The summed E-state index contributed by atoms with van der Waals surface area (Å²) >= 11 is 1.70. The molecule has 0 saturated carbocycles. The molecular weight excluding hydrogens is 254 g/mol. The van der Waals surface area contributed by atoms with Crippen molar-refractivity contribution in [2.24, 2.45) is 0 Å². The fourth-order valence-corrected chi connectivity index (χ4v) is 2.51. The zero-order valence-electron chi connectivity index (χ0n) is 10.9. The van der Waals surface area contributed by atoms with Gasteiger partial charge < -0.3 is 5.32 Å². The molecule has 0 saturated heterocycles. The van der Waals surface area contributed by atoms with Gasteiger partial charge in [0.2, 0.25) is 5.91 Å². The first-order chi connectivity index (χ1) is 9.24. The molecule has 98 valence electrons. The summed E-state index contributed by atoms with van der Waals surface area (Å²) in [5.41, 5.74) is 2.05. The van der Waals surface area contributed by atoms with Crippen LogP contribution in [-0.4, -0.2) is 11.7 Å². The molecule has 3 heteroatoms. The molecule has 2 aromatic rings. The molecule has 0 aliphatic rings. The van der Waals surface area contributed by atoms with Crippen molar-refractivity contribution in [3.63, 3.8) is 0 Å². The minimum Gasteiger partial charge on any atom is -0.326 e. The first-order valence-corrected chi connectivity index (χ1v) is 7.27. The highest BCUT2D eigenvalue weighted by molar-refractivity contribution is 7.99. The Balaban J connectivity index is 1.74. The van der Waals surface area contributed by atoms with Gasteiger partial charge in [-0.1, -0.05) is 35.9 Å². The van der Waals surface area contributed by atoms with Crippen molar-refractivity contribution in [1.82, 2.24) is 0 Å². The maximum absolute atomic E-state index is 11.8. The number of hydrogen-bond donors (Lipinski definition) is 1. The minimum absolute atomic E-state index is 0.0623. The second kappa shape index (κ2) is 7.00. The number of carbonyl (C=O) groups is 1. The van der Waals surface area contributed by atoms with E-state index >= 15 is 0 Å². The number of thioether (sulfide) groups is 1. The molecule has 2 nitrogen and oxygen atoms in total. The molecule has 0 bridgehead atoms. The monoisotopic (exact) mass is 271 g/mol. The molecule has 0 aromatic heterocycles. The van der Waals surface area contributed by atoms with Gasteiger partial charge in [-0.2, -0.15) is 0 Å². The molecule has 0 aliphatic carbocycles. The van der Waals surface area contributed by atoms with Crippen molar-refractivity contribution in [1.29, 1.82) is 0 Å². The van der Waals surface area contributed by atoms with Crippen LogP contribution in [0.25, 0.3) is 0 Å². The molecule has 0 radical (unpaired) electrons. The van der Waals surface area contributed by atoms with E-state index in [4.69, 9.17) is 0 Å². The molecule has 19 heavy (non-hydrogen) atoms. The summed E-state index contributed by atoms with van der Waals surface area (Å²) in [6.07, 6.45) is 0.521. The van der Waals surface area contributed by atoms with Gasteiger partial charge in [0.05, 0.1) is 0 Å². The molecule has 0 heterocycles. The van der Waals surface area contributed by atoms with Gasteiger partial charge >= 0.3 is 0 Å². The molecular formula is C16H17NOS. The fourth-order valence-electron chi connectivity index (χ4n) is 1.64. The lowest BCUT2D eigenvalue weighted by atomic mass is 10.2. The zero-order valence-corrected chi connectivity index (χ0v) is 11.7. The highest BCUT2D eigenvalue weighted by Gasteiger charge is 2.02. The third-order valence-electron chi connectivity index (χ3n) is 2.68. The summed E-state index contributed by atoms with van der Waals surface area (Å²) in [4.78, 5) is 13.0. The van der Waals surface area contributed by atoms with Crippen molar-refractivity contribution in [2.45, 2.75) is 18.2 Å². The van der Waals surface area contributed by atoms with Crippen LogP contribution in [0.5, 0.6) is 0 Å². The Labute approximate surface area is 118 Å². The van der Waals surface area contributed by atoms with E-state index in [9.17, 15) is 4.79 Å². The Bertz CT molecular complexity index is 522. The van der Waals surface area contributed by atoms with Gasteiger partial charge in [0, 0.05) is 22.8 Å². The Morgan fingerprint density at radius 2 is 1.74 bits per heavy atom. The normalized spacial score (nSPS) is 10.2. The average molecular weight is 271 g/mol. The van der Waals surface area contributed by atoms with Crippen molar-refractivity contribution < 1.29 is 4.79 Å². The van der Waals surface area contributed by atoms with Crippen LogP contribution in [-0.2, 0) is 4.79 Å². The van der Waals surface area contributed by atoms with E-state index in [1.807, 2.05) is 49.4 Å². The number of rotatable bonds is 5. The first-order valence-electron chi connectivity index (χ1n) is 6.28. The number of carbonyl (C=O) groups excluding carboxylic acids is 1. The molecule has 1 N–H and O–H groups in total. The smallest absolute Gasteiger partial charge is 0.225 e. The molecule has 0 unspecified atom stereocenters. The molecule has 0 aliphatic heterocycles. The first kappa shape index (κ1) is 13.7. The Hall–Kier alpha value is -1.74. The lowest BCUT2D eigenvalue weighted by Crippen LogP contribution is -2.12. The van der Waals surface area contributed by atoms with Gasteiger partial charge in [0.1, 0.15) is 0 Å². The topological polar surface area (TPSA) is 29.1 Å². The van der Waals surface area contributed by atoms with Crippen LogP contribution in [0.15, 0.2) is 59.5 Å². The number of benzene rings is 2. The van der Waals surface area contributed by atoms with Crippen molar-refractivity contribution in [3.8, 4) is 0 Å². The van der Waals surface area contributed by atoms with Gasteiger partial charge in [-0.15, -0.1) is 11.8 Å². The standard InChI is InChI=1S/C16H17NOS/c1-13-7-9-14(10-8-13)17-16(18)11-12-19-15-5-3-2-4-6-15/h2-10H,11-12H2,1H3,(H,17,18). The number of nitrogens with one attached hydrogen (secondary N) is 1. The summed E-state index contributed by atoms with van der Waals surface area (Å²) in [6.45, 7) is 2.03. The SMILES string of the molecule is Cc1ccc(NC(=O)CCSc2ccccc2)cc1. The van der Waals surface area contributed by atoms with E-state index in [1.54, 1.807) is 11.8 Å². The third-order valence-corrected chi connectivity index (χ3v) is 3.69. The molecule has 2 rings (SSSR count). The van der Waals surface area contributed by atoms with Crippen LogP contribution in [0.1, 0.15) is 12.0 Å². The van der Waals surface area contributed by atoms with Crippen LogP contribution in [0.4, 0.5) is 5.69 Å². The Morgan fingerprint density at radius 1 is 1.05 bits per heavy atom. The van der Waals surface area contributed by atoms with Crippen LogP contribution in [0.2, 0.25) is 0 Å². The van der Waals surface area contributed by atoms with Gasteiger partial charge in [-0.25, -0.2) is 0 Å². The molecule has 0 fully saturated rings. The maximum Gasteiger partial charge on any atom is 0.225 e. The second-order valence-corrected chi connectivity index (χ2v) is 5.49. The summed E-state index contributed by atoms with van der Waals surface area (Å²) < 4.78 is 0. The average Bonchev–Trinajstić information content (AvgIpc) is 2.43. The number of anilines is 1. The quantitative estimate of drug-likeness (QED) is 0.829. The van der Waals surface area contributed by atoms with Gasteiger partial charge in [-0.05, 0) is 31.2 Å². The fraction of sp³-hybridized carbons (Fsp3) is 0.188. The predicted molar refractivity (Wildman–Crippen MR) is 81.6 cm³/mol. The van der Waals surface area contributed by atoms with E-state index < -0.39 is 0 Å². The highest BCUT2D eigenvalue weighted by atomic mass is 32.2. The van der Waals surface area contributed by atoms with Crippen LogP contribution < -0.4 is 5.32 Å². The minimum atomic E-state index is 0.0623. The zero-order chi connectivity index (χ0) is 13.5. The largest absolute Gasteiger partial charge is 0.326 e. The van der Waals surface area contributed by atoms with Gasteiger partial charge in [0.25, 0.3) is 0 Å². The van der Waals surface area contributed by atoms with E-state index in [-0.39, 0.29) is 5.91 Å². The van der Waals surface area contributed by atoms with E-state index in [0.717, 1.165) is 11.4 Å². The summed E-state index contributed by atoms with van der Waals surface area (Å²) in [5, 5.41) is 2.90. The maximum atomic E-state index is 11.8. The molecule has 0 spiro atoms. The summed E-state index contributed by atoms with van der Waals surface area (Å²) in [6, 6.07) is 18.0. The predicted octanol–water partition coefficient (Wildman–Crippen LogP) is 4.12. The lowest BCUT2D eigenvalue weighted by Gasteiger charge is -2.05. The van der Waals surface area contributed by atoms with Crippen LogP contribution >= 0.6 is 11.8 Å². The second-order valence-electron chi connectivity index (χ2n) is 4.33.